The van der Waals surface area contributed by atoms with Crippen LogP contribution in [0.1, 0.15) is 30.0 Å². The number of nitrogens with one attached hydrogen (secondary N) is 1. The Morgan fingerprint density at radius 2 is 2.20 bits per heavy atom. The largest absolute Gasteiger partial charge is 0.376 e. The van der Waals surface area contributed by atoms with Crippen LogP contribution < -0.4 is 10.9 Å². The monoisotopic (exact) mass is 289 g/mol. The highest BCUT2D eigenvalue weighted by molar-refractivity contribution is 6.32. The summed E-state index contributed by atoms with van der Waals surface area (Å²) in [5.74, 6) is 0. The third kappa shape index (κ3) is 2.31. The molecule has 0 fully saturated rings. The number of halogens is 1. The summed E-state index contributed by atoms with van der Waals surface area (Å²) in [6.45, 7) is 0. The van der Waals surface area contributed by atoms with Crippen molar-refractivity contribution >= 4 is 17.3 Å². The van der Waals surface area contributed by atoms with E-state index in [2.05, 4.69) is 28.6 Å². The van der Waals surface area contributed by atoms with E-state index in [4.69, 9.17) is 11.6 Å². The van der Waals surface area contributed by atoms with Crippen LogP contribution in [0.3, 0.4) is 0 Å². The van der Waals surface area contributed by atoms with Crippen LogP contribution in [-0.4, -0.2) is 9.78 Å². The molecule has 0 saturated heterocycles. The minimum absolute atomic E-state index is 0.186. The number of rotatable bonds is 2. The van der Waals surface area contributed by atoms with Crippen molar-refractivity contribution < 1.29 is 0 Å². The predicted octanol–water partition coefficient (Wildman–Crippen LogP) is 2.92. The molecular weight excluding hydrogens is 274 g/mol. The van der Waals surface area contributed by atoms with Gasteiger partial charge in [0.2, 0.25) is 0 Å². The third-order valence-electron chi connectivity index (χ3n) is 3.78. The van der Waals surface area contributed by atoms with Gasteiger partial charge in [-0.05, 0) is 30.4 Å². The molecule has 0 spiro atoms. The van der Waals surface area contributed by atoms with Gasteiger partial charge in [-0.1, -0.05) is 35.9 Å². The van der Waals surface area contributed by atoms with Gasteiger partial charge in [-0.3, -0.25) is 4.79 Å². The number of aryl methyl sites for hydroxylation is 2. The SMILES string of the molecule is Cn1ncc(NC2CCCc3ccccc32)c(Cl)c1=O. The zero-order chi connectivity index (χ0) is 14.1. The van der Waals surface area contributed by atoms with Gasteiger partial charge >= 0.3 is 0 Å². The van der Waals surface area contributed by atoms with E-state index in [1.165, 1.54) is 15.8 Å². The topological polar surface area (TPSA) is 46.9 Å². The molecule has 104 valence electrons. The Morgan fingerprint density at radius 3 is 3.05 bits per heavy atom. The summed E-state index contributed by atoms with van der Waals surface area (Å²) in [6.07, 6.45) is 4.88. The van der Waals surface area contributed by atoms with Crippen molar-refractivity contribution in [3.63, 3.8) is 0 Å². The van der Waals surface area contributed by atoms with Gasteiger partial charge in [-0.25, -0.2) is 4.68 Å². The lowest BCUT2D eigenvalue weighted by Crippen LogP contribution is -2.23. The van der Waals surface area contributed by atoms with Gasteiger partial charge in [0.15, 0.2) is 0 Å². The van der Waals surface area contributed by atoms with Gasteiger partial charge in [0.25, 0.3) is 5.56 Å². The van der Waals surface area contributed by atoms with Crippen LogP contribution in [0, 0.1) is 0 Å². The van der Waals surface area contributed by atoms with Crippen molar-refractivity contribution in [2.75, 3.05) is 5.32 Å². The summed E-state index contributed by atoms with van der Waals surface area (Å²) in [5.41, 5.74) is 2.98. The Morgan fingerprint density at radius 1 is 1.40 bits per heavy atom. The van der Waals surface area contributed by atoms with Crippen molar-refractivity contribution in [1.82, 2.24) is 9.78 Å². The molecule has 1 heterocycles. The van der Waals surface area contributed by atoms with Gasteiger partial charge < -0.3 is 5.32 Å². The standard InChI is InChI=1S/C15H16ClN3O/c1-19-15(20)14(16)13(9-17-19)18-12-8-4-6-10-5-2-3-7-11(10)12/h2-3,5,7,9,12,18H,4,6,8H2,1H3. The second-order valence-electron chi connectivity index (χ2n) is 5.09. The Hall–Kier alpha value is -1.81. The van der Waals surface area contributed by atoms with Crippen molar-refractivity contribution in [3.05, 3.63) is 57.0 Å². The molecule has 0 saturated carbocycles. The minimum atomic E-state index is -0.277. The zero-order valence-corrected chi connectivity index (χ0v) is 12.0. The van der Waals surface area contributed by atoms with Gasteiger partial charge in [0.1, 0.15) is 5.02 Å². The molecule has 1 aromatic carbocycles. The van der Waals surface area contributed by atoms with Gasteiger partial charge in [-0.2, -0.15) is 5.10 Å². The maximum Gasteiger partial charge on any atom is 0.287 e. The molecule has 5 heteroatoms. The number of hydrogen-bond donors (Lipinski definition) is 1. The van der Waals surface area contributed by atoms with Crippen molar-refractivity contribution in [1.29, 1.82) is 0 Å². The van der Waals surface area contributed by atoms with E-state index < -0.39 is 0 Å². The molecule has 20 heavy (non-hydrogen) atoms. The average molecular weight is 290 g/mol. The van der Waals surface area contributed by atoms with Crippen LogP contribution in [0.5, 0.6) is 0 Å². The highest BCUT2D eigenvalue weighted by atomic mass is 35.5. The lowest BCUT2D eigenvalue weighted by atomic mass is 9.87. The van der Waals surface area contributed by atoms with E-state index in [1.807, 2.05) is 6.07 Å². The molecule has 1 aliphatic carbocycles. The van der Waals surface area contributed by atoms with E-state index in [0.717, 1.165) is 19.3 Å². The summed E-state index contributed by atoms with van der Waals surface area (Å²) in [4.78, 5) is 11.8. The van der Waals surface area contributed by atoms with Gasteiger partial charge in [0, 0.05) is 7.05 Å². The fraction of sp³-hybridized carbons (Fsp3) is 0.333. The van der Waals surface area contributed by atoms with Crippen LogP contribution in [0.15, 0.2) is 35.3 Å². The highest BCUT2D eigenvalue weighted by Crippen LogP contribution is 2.33. The van der Waals surface area contributed by atoms with Crippen molar-refractivity contribution in [2.24, 2.45) is 7.05 Å². The van der Waals surface area contributed by atoms with Crippen molar-refractivity contribution in [3.8, 4) is 0 Å². The smallest absolute Gasteiger partial charge is 0.287 e. The first-order valence-electron chi connectivity index (χ1n) is 6.73. The second kappa shape index (κ2) is 5.29. The molecule has 0 amide bonds. The fourth-order valence-corrected chi connectivity index (χ4v) is 2.93. The third-order valence-corrected chi connectivity index (χ3v) is 4.14. The molecule has 0 aliphatic heterocycles. The van der Waals surface area contributed by atoms with Crippen LogP contribution in [-0.2, 0) is 13.5 Å². The van der Waals surface area contributed by atoms with Gasteiger partial charge in [0.05, 0.1) is 17.9 Å². The number of benzene rings is 1. The summed E-state index contributed by atoms with van der Waals surface area (Å²) >= 11 is 6.11. The normalized spacial score (nSPS) is 17.6. The molecule has 2 aromatic rings. The molecule has 1 aromatic heterocycles. The molecule has 1 N–H and O–H groups in total. The molecule has 3 rings (SSSR count). The maximum atomic E-state index is 11.8. The fourth-order valence-electron chi connectivity index (χ4n) is 2.70. The first-order valence-corrected chi connectivity index (χ1v) is 7.11. The summed E-state index contributed by atoms with van der Waals surface area (Å²) in [7, 11) is 1.59. The van der Waals surface area contributed by atoms with Crippen molar-refractivity contribution in [2.45, 2.75) is 25.3 Å². The number of nitrogens with zero attached hydrogens (tertiary/aromatic N) is 2. The first-order chi connectivity index (χ1) is 9.66. The molecule has 0 bridgehead atoms. The van der Waals surface area contributed by atoms with E-state index in [1.54, 1.807) is 13.2 Å². The molecule has 1 unspecified atom stereocenters. The predicted molar refractivity (Wildman–Crippen MR) is 80.2 cm³/mol. The summed E-state index contributed by atoms with van der Waals surface area (Å²) < 4.78 is 1.24. The average Bonchev–Trinajstić information content (AvgIpc) is 2.48. The molecule has 0 radical (unpaired) electrons. The zero-order valence-electron chi connectivity index (χ0n) is 11.3. The Kier molecular flexibility index (Phi) is 3.49. The Labute approximate surface area is 122 Å². The molecule has 1 atom stereocenters. The molecule has 4 nitrogen and oxygen atoms in total. The Balaban J connectivity index is 1.94. The lowest BCUT2D eigenvalue weighted by molar-refractivity contribution is 0.598. The van der Waals surface area contributed by atoms with Crippen LogP contribution in [0.2, 0.25) is 5.02 Å². The minimum Gasteiger partial charge on any atom is -0.376 e. The molecule has 1 aliphatic rings. The van der Waals surface area contributed by atoms with Gasteiger partial charge in [-0.15, -0.1) is 0 Å². The number of fused-ring (bicyclic) bond motifs is 1. The second-order valence-corrected chi connectivity index (χ2v) is 5.47. The van der Waals surface area contributed by atoms with Crippen LogP contribution >= 0.6 is 11.6 Å². The summed E-state index contributed by atoms with van der Waals surface area (Å²) in [6, 6.07) is 8.59. The highest BCUT2D eigenvalue weighted by Gasteiger charge is 2.21. The van der Waals surface area contributed by atoms with Crippen LogP contribution in [0.4, 0.5) is 5.69 Å². The number of hydrogen-bond acceptors (Lipinski definition) is 3. The van der Waals surface area contributed by atoms with E-state index in [9.17, 15) is 4.79 Å². The Bertz CT molecular complexity index is 696. The molecular formula is C15H16ClN3O. The van der Waals surface area contributed by atoms with E-state index >= 15 is 0 Å². The number of anilines is 1. The first kappa shape index (κ1) is 13.2. The van der Waals surface area contributed by atoms with E-state index in [-0.39, 0.29) is 16.6 Å². The van der Waals surface area contributed by atoms with E-state index in [0.29, 0.717) is 5.69 Å². The lowest BCUT2D eigenvalue weighted by Gasteiger charge is -2.27. The summed E-state index contributed by atoms with van der Waals surface area (Å²) in [5, 5.41) is 7.58. The number of aromatic nitrogens is 2. The maximum absolute atomic E-state index is 11.8. The van der Waals surface area contributed by atoms with Crippen LogP contribution in [0.25, 0.3) is 0 Å². The quantitative estimate of drug-likeness (QED) is 0.925.